The third-order valence-electron chi connectivity index (χ3n) is 13.6. The zero-order chi connectivity index (χ0) is 41.6. The predicted octanol–water partition coefficient (Wildman–Crippen LogP) is 15.0. The molecule has 5 aromatic heterocycles. The number of rotatable bonds is 3. The van der Waals surface area contributed by atoms with E-state index in [9.17, 15) is 0 Å². The first-order chi connectivity index (χ1) is 31.8. The van der Waals surface area contributed by atoms with Gasteiger partial charge in [0.05, 0.1) is 38.8 Å². The van der Waals surface area contributed by atoms with Crippen LogP contribution in [0.15, 0.2) is 205 Å². The lowest BCUT2D eigenvalue weighted by Crippen LogP contribution is -2.03. The Morgan fingerprint density at radius 1 is 0.359 bits per heavy atom. The van der Waals surface area contributed by atoms with Gasteiger partial charge in [-0.2, -0.15) is 0 Å². The summed E-state index contributed by atoms with van der Waals surface area (Å²) < 4.78 is 13.7. The van der Waals surface area contributed by atoms with Crippen LogP contribution in [0.2, 0.25) is 0 Å². The fourth-order valence-corrected chi connectivity index (χ4v) is 10.9. The van der Waals surface area contributed by atoms with Gasteiger partial charge in [0, 0.05) is 60.1 Å². The first-order valence-corrected chi connectivity index (χ1v) is 21.7. The number of hydrogen-bond donors (Lipinski definition) is 0. The van der Waals surface area contributed by atoms with Crippen LogP contribution in [-0.2, 0) is 0 Å². The number of furan rings is 1. The van der Waals surface area contributed by atoms with Crippen LogP contribution in [-0.4, -0.2) is 23.7 Å². The van der Waals surface area contributed by atoms with E-state index in [2.05, 4.69) is 196 Å². The van der Waals surface area contributed by atoms with Gasteiger partial charge in [-0.3, -0.25) is 4.57 Å². The quantitative estimate of drug-likeness (QED) is 0.178. The Hall–Kier alpha value is -8.74. The van der Waals surface area contributed by atoms with Crippen LogP contribution in [0.5, 0.6) is 0 Å². The van der Waals surface area contributed by atoms with E-state index in [0.29, 0.717) is 5.71 Å². The van der Waals surface area contributed by atoms with Gasteiger partial charge in [0.25, 0.3) is 0 Å². The maximum Gasteiger partial charge on any atom is 0.247 e. The molecule has 0 N–H and O–H groups in total. The SMILES string of the molecule is c1ccc(-n2c3ccccc3c3cc(-c4nc5oc6ccccc6c5nc4-n4c5ccccc5c5cc6c(cc54)c4cccc5c4n6-c4ccccc4-c4ccccc4-5)ccc32)cc1. The summed E-state index contributed by atoms with van der Waals surface area (Å²) in [6, 6.07) is 72.0. The van der Waals surface area contributed by atoms with Gasteiger partial charge in [-0.1, -0.05) is 133 Å². The van der Waals surface area contributed by atoms with Crippen molar-refractivity contribution in [3.63, 3.8) is 0 Å². The van der Waals surface area contributed by atoms with Crippen molar-refractivity contribution >= 4 is 87.6 Å². The van der Waals surface area contributed by atoms with Gasteiger partial charge < -0.3 is 13.6 Å². The molecule has 6 nitrogen and oxygen atoms in total. The molecular formula is C58H33N5O. The molecule has 0 amide bonds. The summed E-state index contributed by atoms with van der Waals surface area (Å²) in [6.45, 7) is 0. The molecule has 0 fully saturated rings. The Labute approximate surface area is 365 Å². The molecule has 0 unspecified atom stereocenters. The third kappa shape index (κ3) is 4.43. The van der Waals surface area contributed by atoms with Crippen molar-refractivity contribution in [3.8, 4) is 50.7 Å². The van der Waals surface area contributed by atoms with Crippen molar-refractivity contribution in [2.45, 2.75) is 0 Å². The number of aromatic nitrogens is 5. The molecular weight excluding hydrogens is 783 g/mol. The van der Waals surface area contributed by atoms with E-state index in [4.69, 9.17) is 14.4 Å². The van der Waals surface area contributed by atoms with Gasteiger partial charge >= 0.3 is 0 Å². The van der Waals surface area contributed by atoms with Crippen LogP contribution in [0.3, 0.4) is 0 Å². The normalized spacial score (nSPS) is 12.4. The minimum atomic E-state index is 0.513. The average Bonchev–Trinajstić information content (AvgIpc) is 4.06. The zero-order valence-electron chi connectivity index (χ0n) is 34.2. The van der Waals surface area contributed by atoms with Crippen LogP contribution in [0.4, 0.5) is 0 Å². The summed E-state index contributed by atoms with van der Waals surface area (Å²) in [5, 5.41) is 7.94. The number of para-hydroxylation sites is 6. The second-order valence-corrected chi connectivity index (χ2v) is 16.9. The molecule has 1 aliphatic rings. The molecule has 296 valence electrons. The standard InChI is InChI=1S/C58H33N5O/c1-2-15-35(16-3-1)61-47-25-10-7-20-39(47)44-31-34(29-30-50(44)61)54-57(59-55-43-22-9-13-28-53(43)64-58(55)60-54)63-49-27-12-8-21-40(49)45-32-51-46(33-52(45)63)42-24-14-23-41-37-18-5-4-17-36(37)38-19-6-11-26-48(38)62(51)56(41)42/h1-33H. The van der Waals surface area contributed by atoms with Crippen molar-refractivity contribution < 1.29 is 4.42 Å². The van der Waals surface area contributed by atoms with Crippen molar-refractivity contribution in [3.05, 3.63) is 200 Å². The van der Waals surface area contributed by atoms with Crippen LogP contribution in [0.25, 0.3) is 138 Å². The van der Waals surface area contributed by atoms with Gasteiger partial charge in [0.1, 0.15) is 16.8 Å². The van der Waals surface area contributed by atoms with Crippen molar-refractivity contribution in [2.75, 3.05) is 0 Å². The minimum absolute atomic E-state index is 0.513. The number of hydrogen-bond acceptors (Lipinski definition) is 3. The molecule has 0 aliphatic carbocycles. The Morgan fingerprint density at radius 2 is 0.938 bits per heavy atom. The van der Waals surface area contributed by atoms with E-state index in [1.54, 1.807) is 0 Å². The summed E-state index contributed by atoms with van der Waals surface area (Å²) in [4.78, 5) is 11.1. The van der Waals surface area contributed by atoms with Crippen LogP contribution >= 0.6 is 0 Å². The van der Waals surface area contributed by atoms with Gasteiger partial charge in [-0.25, -0.2) is 9.97 Å². The minimum Gasteiger partial charge on any atom is -0.436 e. The molecule has 0 bridgehead atoms. The first-order valence-electron chi connectivity index (χ1n) is 21.7. The Morgan fingerprint density at radius 3 is 1.75 bits per heavy atom. The molecule has 15 rings (SSSR count). The summed E-state index contributed by atoms with van der Waals surface area (Å²) >= 11 is 0. The smallest absolute Gasteiger partial charge is 0.247 e. The fraction of sp³-hybridized carbons (Fsp3) is 0. The predicted molar refractivity (Wildman–Crippen MR) is 262 cm³/mol. The molecule has 0 spiro atoms. The van der Waals surface area contributed by atoms with Crippen LogP contribution in [0, 0.1) is 0 Å². The van der Waals surface area contributed by atoms with Crippen molar-refractivity contribution in [2.24, 2.45) is 0 Å². The second-order valence-electron chi connectivity index (χ2n) is 16.9. The second kappa shape index (κ2) is 12.4. The maximum atomic E-state index is 6.49. The summed E-state index contributed by atoms with van der Waals surface area (Å²) in [6.07, 6.45) is 0. The van der Waals surface area contributed by atoms with E-state index in [1.807, 2.05) is 18.2 Å². The topological polar surface area (TPSA) is 53.7 Å². The van der Waals surface area contributed by atoms with Gasteiger partial charge in [-0.15, -0.1) is 0 Å². The van der Waals surface area contributed by atoms with Crippen molar-refractivity contribution in [1.29, 1.82) is 0 Å². The lowest BCUT2D eigenvalue weighted by atomic mass is 9.94. The number of benzene rings is 9. The van der Waals surface area contributed by atoms with E-state index >= 15 is 0 Å². The largest absolute Gasteiger partial charge is 0.436 e. The molecule has 14 aromatic rings. The molecule has 0 saturated carbocycles. The highest BCUT2D eigenvalue weighted by molar-refractivity contribution is 6.22. The van der Waals surface area contributed by atoms with Crippen LogP contribution in [0.1, 0.15) is 0 Å². The van der Waals surface area contributed by atoms with E-state index in [-0.39, 0.29) is 0 Å². The number of nitrogens with zero attached hydrogens (tertiary/aromatic N) is 5. The van der Waals surface area contributed by atoms with Crippen molar-refractivity contribution in [1.82, 2.24) is 23.7 Å². The molecule has 0 atom stereocenters. The van der Waals surface area contributed by atoms with E-state index < -0.39 is 0 Å². The molecule has 1 aliphatic heterocycles. The Balaban J connectivity index is 1.07. The van der Waals surface area contributed by atoms with Crippen LogP contribution < -0.4 is 0 Å². The molecule has 6 heteroatoms. The highest BCUT2D eigenvalue weighted by Crippen LogP contribution is 2.48. The monoisotopic (exact) mass is 815 g/mol. The van der Waals surface area contributed by atoms with E-state index in [0.717, 1.165) is 77.5 Å². The maximum absolute atomic E-state index is 6.49. The van der Waals surface area contributed by atoms with Gasteiger partial charge in [0.15, 0.2) is 5.82 Å². The first kappa shape index (κ1) is 33.9. The summed E-state index contributed by atoms with van der Waals surface area (Å²) in [5.41, 5.74) is 17.7. The summed E-state index contributed by atoms with van der Waals surface area (Å²) in [7, 11) is 0. The van der Waals surface area contributed by atoms with Gasteiger partial charge in [0.2, 0.25) is 5.71 Å². The van der Waals surface area contributed by atoms with Gasteiger partial charge in [-0.05, 0) is 77.9 Å². The molecule has 0 radical (unpaired) electrons. The third-order valence-corrected chi connectivity index (χ3v) is 13.6. The fourth-order valence-electron chi connectivity index (χ4n) is 10.9. The molecule has 9 aromatic carbocycles. The average molecular weight is 816 g/mol. The Kier molecular flexibility index (Phi) is 6.59. The summed E-state index contributed by atoms with van der Waals surface area (Å²) in [5.74, 6) is 0.751. The molecule has 0 saturated heterocycles. The zero-order valence-corrected chi connectivity index (χ0v) is 34.2. The highest BCUT2D eigenvalue weighted by atomic mass is 16.3. The Bertz CT molecular complexity index is 4320. The lowest BCUT2D eigenvalue weighted by Gasteiger charge is -2.14. The lowest BCUT2D eigenvalue weighted by molar-refractivity contribution is 0.653. The highest BCUT2D eigenvalue weighted by Gasteiger charge is 2.27. The number of fused-ring (bicyclic) bond motifs is 17. The van der Waals surface area contributed by atoms with E-state index in [1.165, 1.54) is 55.1 Å². The molecule has 64 heavy (non-hydrogen) atoms. The molecule has 6 heterocycles.